The van der Waals surface area contributed by atoms with Gasteiger partial charge in [0.15, 0.2) is 6.10 Å². The van der Waals surface area contributed by atoms with E-state index in [9.17, 15) is 9.90 Å². The van der Waals surface area contributed by atoms with Crippen LogP contribution in [-0.2, 0) is 23.2 Å². The Kier molecular flexibility index (Phi) is 3.86. The second-order valence-corrected chi connectivity index (χ2v) is 8.87. The van der Waals surface area contributed by atoms with Crippen LogP contribution in [0.2, 0.25) is 0 Å². The Bertz CT molecular complexity index is 1070. The molecule has 2 bridgehead atoms. The fourth-order valence-electron chi connectivity index (χ4n) is 6.26. The third kappa shape index (κ3) is 2.26. The normalized spacial score (nSPS) is 30.9. The molecule has 1 fully saturated rings. The molecule has 0 amide bonds. The number of benzene rings is 1. The molecule has 1 spiro atoms. The third-order valence-electron chi connectivity index (χ3n) is 7.60. The fourth-order valence-corrected chi connectivity index (χ4v) is 6.26. The number of carbonyl (C=O) groups excluding carboxylic acids is 1. The Hall–Kier alpha value is -2.70. The zero-order valence-corrected chi connectivity index (χ0v) is 16.9. The molecule has 1 N–H and O–H groups in total. The molecule has 3 heterocycles. The number of nitrogens with zero attached hydrogens (tertiary/aromatic N) is 2. The van der Waals surface area contributed by atoms with Gasteiger partial charge in [0, 0.05) is 35.0 Å². The summed E-state index contributed by atoms with van der Waals surface area (Å²) in [5.74, 6) is 1.39. The van der Waals surface area contributed by atoms with Gasteiger partial charge in [-0.3, -0.25) is 4.98 Å². The molecule has 4 unspecified atom stereocenters. The number of likely N-dealkylation sites (N-methyl/N-ethyl adjacent to an activating group) is 1. The summed E-state index contributed by atoms with van der Waals surface area (Å²) in [6.07, 6.45) is 7.66. The van der Waals surface area contributed by atoms with Crippen LogP contribution >= 0.6 is 0 Å². The van der Waals surface area contributed by atoms with Crippen LogP contribution in [0.25, 0.3) is 0 Å². The van der Waals surface area contributed by atoms with Crippen molar-refractivity contribution < 1.29 is 19.4 Å². The number of allylic oxidation sites excluding steroid dienone is 1. The van der Waals surface area contributed by atoms with E-state index in [4.69, 9.17) is 9.47 Å². The second-order valence-electron chi connectivity index (χ2n) is 8.87. The highest BCUT2D eigenvalue weighted by Gasteiger charge is 2.64. The van der Waals surface area contributed by atoms with Crippen molar-refractivity contribution >= 4 is 5.97 Å². The average molecular weight is 404 g/mol. The monoisotopic (exact) mass is 404 g/mol. The molecular formula is C24H24N2O4. The highest BCUT2D eigenvalue weighted by molar-refractivity contribution is 5.89. The average Bonchev–Trinajstić information content (AvgIpc) is 3.13. The summed E-state index contributed by atoms with van der Waals surface area (Å²) in [5, 5.41) is 9.94. The number of aliphatic hydroxyl groups excluding tert-OH is 1. The molecule has 2 aliphatic heterocycles. The Labute approximate surface area is 175 Å². The minimum atomic E-state index is -0.411. The maximum Gasteiger partial charge on any atom is 0.344 e. The van der Waals surface area contributed by atoms with Gasteiger partial charge in [0.2, 0.25) is 0 Å². The third-order valence-corrected chi connectivity index (χ3v) is 7.60. The van der Waals surface area contributed by atoms with Gasteiger partial charge in [0.25, 0.3) is 0 Å². The maximum absolute atomic E-state index is 12.8. The van der Waals surface area contributed by atoms with E-state index in [1.165, 1.54) is 17.3 Å². The summed E-state index contributed by atoms with van der Waals surface area (Å²) < 4.78 is 12.4. The predicted molar refractivity (Wildman–Crippen MR) is 109 cm³/mol. The van der Waals surface area contributed by atoms with Crippen molar-refractivity contribution in [3.8, 4) is 5.75 Å². The Morgan fingerprint density at radius 1 is 1.40 bits per heavy atom. The lowest BCUT2D eigenvalue weighted by Gasteiger charge is -2.56. The summed E-state index contributed by atoms with van der Waals surface area (Å²) in [6, 6.07) is 8.00. The van der Waals surface area contributed by atoms with Crippen molar-refractivity contribution in [2.24, 2.45) is 5.92 Å². The molecule has 4 aliphatic rings. The number of likely N-dealkylation sites (tertiary alicyclic amines) is 1. The first kappa shape index (κ1) is 18.1. The highest BCUT2D eigenvalue weighted by atomic mass is 16.6. The number of pyridine rings is 1. The number of rotatable bonds is 3. The molecule has 0 saturated carbocycles. The lowest BCUT2D eigenvalue weighted by Crippen LogP contribution is -2.63. The van der Waals surface area contributed by atoms with Gasteiger partial charge in [0.05, 0.1) is 12.2 Å². The lowest BCUT2D eigenvalue weighted by atomic mass is 9.53. The Morgan fingerprint density at radius 3 is 3.10 bits per heavy atom. The van der Waals surface area contributed by atoms with Crippen molar-refractivity contribution in [2.75, 3.05) is 13.6 Å². The number of carbonyl (C=O) groups is 1. The van der Waals surface area contributed by atoms with Crippen molar-refractivity contribution in [3.63, 3.8) is 0 Å². The van der Waals surface area contributed by atoms with Gasteiger partial charge in [-0.05, 0) is 62.5 Å². The van der Waals surface area contributed by atoms with Crippen molar-refractivity contribution in [1.29, 1.82) is 0 Å². The minimum absolute atomic E-state index is 0.0616. The van der Waals surface area contributed by atoms with Crippen molar-refractivity contribution in [1.82, 2.24) is 9.88 Å². The van der Waals surface area contributed by atoms with Gasteiger partial charge in [-0.1, -0.05) is 12.1 Å². The number of hydrogen-bond donors (Lipinski definition) is 1. The van der Waals surface area contributed by atoms with E-state index in [0.717, 1.165) is 37.1 Å². The molecule has 6 rings (SSSR count). The number of aromatic nitrogens is 1. The summed E-state index contributed by atoms with van der Waals surface area (Å²) in [5.41, 5.74) is 3.58. The van der Waals surface area contributed by atoms with Gasteiger partial charge in [-0.2, -0.15) is 0 Å². The number of aliphatic hydroxyl groups is 1. The summed E-state index contributed by atoms with van der Waals surface area (Å²) in [7, 11) is 2.21. The summed E-state index contributed by atoms with van der Waals surface area (Å²) >= 11 is 0. The summed E-state index contributed by atoms with van der Waals surface area (Å²) in [4.78, 5) is 19.3. The highest BCUT2D eigenvalue weighted by Crippen LogP contribution is 2.62. The second kappa shape index (κ2) is 6.40. The van der Waals surface area contributed by atoms with E-state index in [1.807, 2.05) is 12.1 Å². The molecule has 0 radical (unpaired) electrons. The standard InChI is InChI=1S/C24H24N2O4/c1-26-10-8-24-17-6-7-19(29-23(28)15-3-2-9-25-12-15)22(24)30-21-16(13-27)5-4-14(20(21)24)11-18(17)26/h2-5,7,9,12,17-18,22,27H,6,8,10-11,13H2,1H3. The van der Waals surface area contributed by atoms with Gasteiger partial charge < -0.3 is 19.5 Å². The predicted octanol–water partition coefficient (Wildman–Crippen LogP) is 2.59. The number of ether oxygens (including phenoxy) is 2. The number of esters is 1. The van der Waals surface area contributed by atoms with Crippen LogP contribution in [0.15, 0.2) is 48.5 Å². The van der Waals surface area contributed by atoms with Crippen LogP contribution in [-0.4, -0.2) is 46.7 Å². The largest absolute Gasteiger partial charge is 0.481 e. The topological polar surface area (TPSA) is 71.9 Å². The van der Waals surface area contributed by atoms with Crippen LogP contribution < -0.4 is 4.74 Å². The molecule has 1 aromatic heterocycles. The first-order valence-corrected chi connectivity index (χ1v) is 10.6. The molecule has 2 aliphatic carbocycles. The van der Waals surface area contributed by atoms with Crippen LogP contribution in [0.4, 0.5) is 0 Å². The van der Waals surface area contributed by atoms with Gasteiger partial charge >= 0.3 is 5.97 Å². The molecule has 2 aromatic rings. The van der Waals surface area contributed by atoms with E-state index in [1.54, 1.807) is 18.3 Å². The smallest absolute Gasteiger partial charge is 0.344 e. The first-order valence-electron chi connectivity index (χ1n) is 10.6. The molecular weight excluding hydrogens is 380 g/mol. The van der Waals surface area contributed by atoms with Crippen molar-refractivity contribution in [3.05, 3.63) is 70.7 Å². The lowest BCUT2D eigenvalue weighted by molar-refractivity contribution is -0.0272. The fraction of sp³-hybridized carbons (Fsp3) is 0.417. The zero-order chi connectivity index (χ0) is 20.5. The van der Waals surface area contributed by atoms with Crippen LogP contribution in [0.1, 0.15) is 39.9 Å². The molecule has 30 heavy (non-hydrogen) atoms. The van der Waals surface area contributed by atoms with E-state index in [0.29, 0.717) is 23.3 Å². The van der Waals surface area contributed by atoms with E-state index >= 15 is 0 Å². The number of hydrogen-bond acceptors (Lipinski definition) is 6. The SMILES string of the molecule is CN1CCC23c4c5ccc(CO)c4OC2C(OC(=O)c2cccnc2)=CCC3C1C5. The quantitative estimate of drug-likeness (QED) is 0.793. The summed E-state index contributed by atoms with van der Waals surface area (Å²) in [6.45, 7) is 0.918. The molecule has 154 valence electrons. The van der Waals surface area contributed by atoms with Gasteiger partial charge in [-0.15, -0.1) is 0 Å². The zero-order valence-electron chi connectivity index (χ0n) is 16.9. The Morgan fingerprint density at radius 2 is 2.30 bits per heavy atom. The molecule has 6 heteroatoms. The van der Waals surface area contributed by atoms with Crippen LogP contribution in [0.5, 0.6) is 5.75 Å². The minimum Gasteiger partial charge on any atom is -0.481 e. The number of piperidine rings is 1. The van der Waals surface area contributed by atoms with E-state index in [2.05, 4.69) is 23.0 Å². The van der Waals surface area contributed by atoms with Crippen LogP contribution in [0.3, 0.4) is 0 Å². The molecule has 1 aromatic carbocycles. The molecule has 6 nitrogen and oxygen atoms in total. The van der Waals surface area contributed by atoms with E-state index in [-0.39, 0.29) is 18.1 Å². The van der Waals surface area contributed by atoms with Crippen LogP contribution in [0, 0.1) is 5.92 Å². The first-order chi connectivity index (χ1) is 14.6. The van der Waals surface area contributed by atoms with Gasteiger partial charge in [-0.25, -0.2) is 4.79 Å². The van der Waals surface area contributed by atoms with E-state index < -0.39 is 5.97 Å². The van der Waals surface area contributed by atoms with Gasteiger partial charge in [0.1, 0.15) is 11.5 Å². The maximum atomic E-state index is 12.8. The Balaban J connectivity index is 1.46. The molecule has 4 atom stereocenters. The molecule has 1 saturated heterocycles. The van der Waals surface area contributed by atoms with Crippen molar-refractivity contribution in [2.45, 2.75) is 43.4 Å².